The molecule has 2 heterocycles. The van der Waals surface area contributed by atoms with Gasteiger partial charge >= 0.3 is 0 Å². The first-order valence-corrected chi connectivity index (χ1v) is 6.59. The molecule has 0 radical (unpaired) electrons. The summed E-state index contributed by atoms with van der Waals surface area (Å²) in [4.78, 5) is 4.42. The van der Waals surface area contributed by atoms with E-state index in [0.717, 1.165) is 35.4 Å². The number of nitrogens with zero attached hydrogens (tertiary/aromatic N) is 2. The Bertz CT molecular complexity index is 546. The van der Waals surface area contributed by atoms with Crippen LogP contribution in [0.25, 0.3) is 11.0 Å². The fourth-order valence-corrected chi connectivity index (χ4v) is 2.92. The summed E-state index contributed by atoms with van der Waals surface area (Å²) in [7, 11) is 0. The van der Waals surface area contributed by atoms with Crippen molar-refractivity contribution in [1.29, 1.82) is 0 Å². The average Bonchev–Trinajstić information content (AvgIpc) is 2.88. The third-order valence-corrected chi connectivity index (χ3v) is 3.89. The third-order valence-electron chi connectivity index (χ3n) is 3.29. The molecule has 1 fully saturated rings. The summed E-state index contributed by atoms with van der Waals surface area (Å²) in [6, 6.07) is 5.33. The van der Waals surface area contributed by atoms with E-state index in [2.05, 4.69) is 30.8 Å². The van der Waals surface area contributed by atoms with Gasteiger partial charge < -0.3 is 15.0 Å². The van der Waals surface area contributed by atoms with E-state index in [9.17, 15) is 5.11 Å². The minimum atomic E-state index is 0.261. The summed E-state index contributed by atoms with van der Waals surface area (Å²) in [5, 5.41) is 12.8. The number of rotatable bonds is 2. The Morgan fingerprint density at radius 1 is 1.53 bits per heavy atom. The van der Waals surface area contributed by atoms with E-state index in [-0.39, 0.29) is 5.75 Å². The standard InChI is InChI=1S/C12H14BrN3O/c13-12-15-10-5-9(17)1-2-11(10)16(12)7-8-3-4-14-6-8/h1-2,5,8,14,17H,3-4,6-7H2. The Labute approximate surface area is 108 Å². The van der Waals surface area contributed by atoms with Gasteiger partial charge in [0, 0.05) is 12.6 Å². The topological polar surface area (TPSA) is 50.1 Å². The van der Waals surface area contributed by atoms with Crippen LogP contribution in [0.1, 0.15) is 6.42 Å². The highest BCUT2D eigenvalue weighted by Gasteiger charge is 2.18. The molecule has 0 aliphatic carbocycles. The first kappa shape index (κ1) is 11.0. The van der Waals surface area contributed by atoms with Gasteiger partial charge in [0.15, 0.2) is 4.73 Å². The second-order valence-electron chi connectivity index (χ2n) is 4.52. The largest absolute Gasteiger partial charge is 0.508 e. The summed E-state index contributed by atoms with van der Waals surface area (Å²) in [6.45, 7) is 3.15. The van der Waals surface area contributed by atoms with Crippen molar-refractivity contribution in [3.8, 4) is 5.75 Å². The molecule has 1 aliphatic rings. The van der Waals surface area contributed by atoms with Crippen molar-refractivity contribution in [3.05, 3.63) is 22.9 Å². The van der Waals surface area contributed by atoms with Gasteiger partial charge in [0.1, 0.15) is 5.75 Å². The van der Waals surface area contributed by atoms with E-state index in [1.54, 1.807) is 12.1 Å². The average molecular weight is 296 g/mol. The molecule has 2 N–H and O–H groups in total. The van der Waals surface area contributed by atoms with E-state index in [4.69, 9.17) is 0 Å². The van der Waals surface area contributed by atoms with Crippen LogP contribution < -0.4 is 5.32 Å². The molecule has 0 amide bonds. The van der Waals surface area contributed by atoms with Crippen molar-refractivity contribution in [3.63, 3.8) is 0 Å². The number of phenolic OH excluding ortho intramolecular Hbond substituents is 1. The maximum Gasteiger partial charge on any atom is 0.178 e. The molecular weight excluding hydrogens is 282 g/mol. The predicted molar refractivity (Wildman–Crippen MR) is 70.1 cm³/mol. The molecule has 1 unspecified atom stereocenters. The second-order valence-corrected chi connectivity index (χ2v) is 5.23. The molecule has 5 heteroatoms. The number of aromatic nitrogens is 2. The quantitative estimate of drug-likeness (QED) is 0.892. The SMILES string of the molecule is Oc1ccc2c(c1)nc(Br)n2CC1CCNC1. The number of hydrogen-bond donors (Lipinski definition) is 2. The number of hydrogen-bond acceptors (Lipinski definition) is 3. The zero-order valence-corrected chi connectivity index (χ0v) is 10.9. The molecule has 90 valence electrons. The van der Waals surface area contributed by atoms with Crippen LogP contribution in [0.5, 0.6) is 5.75 Å². The van der Waals surface area contributed by atoms with Crippen LogP contribution in [0.15, 0.2) is 22.9 Å². The Morgan fingerprint density at radius 3 is 3.18 bits per heavy atom. The molecule has 0 spiro atoms. The van der Waals surface area contributed by atoms with Gasteiger partial charge in [-0.15, -0.1) is 0 Å². The third kappa shape index (κ3) is 2.05. The molecule has 0 bridgehead atoms. The lowest BCUT2D eigenvalue weighted by Gasteiger charge is -2.11. The fraction of sp³-hybridized carbons (Fsp3) is 0.417. The van der Waals surface area contributed by atoms with Crippen LogP contribution >= 0.6 is 15.9 Å². The van der Waals surface area contributed by atoms with Gasteiger partial charge in [-0.2, -0.15) is 0 Å². The molecular formula is C12H14BrN3O. The lowest BCUT2D eigenvalue weighted by atomic mass is 10.1. The number of benzene rings is 1. The van der Waals surface area contributed by atoms with Gasteiger partial charge in [0.25, 0.3) is 0 Å². The Morgan fingerprint density at radius 2 is 2.41 bits per heavy atom. The minimum Gasteiger partial charge on any atom is -0.508 e. The lowest BCUT2D eigenvalue weighted by molar-refractivity contribution is 0.475. The molecule has 1 saturated heterocycles. The predicted octanol–water partition coefficient (Wildman–Crippen LogP) is 2.11. The zero-order chi connectivity index (χ0) is 11.8. The number of halogens is 1. The molecule has 2 aromatic rings. The highest BCUT2D eigenvalue weighted by atomic mass is 79.9. The van der Waals surface area contributed by atoms with Crippen molar-refractivity contribution < 1.29 is 5.11 Å². The van der Waals surface area contributed by atoms with Gasteiger partial charge in [0.2, 0.25) is 0 Å². The van der Waals surface area contributed by atoms with Gasteiger partial charge in [-0.05, 0) is 53.5 Å². The maximum absolute atomic E-state index is 9.44. The first-order chi connectivity index (χ1) is 8.24. The summed E-state index contributed by atoms with van der Waals surface area (Å²) >= 11 is 3.49. The first-order valence-electron chi connectivity index (χ1n) is 5.79. The van der Waals surface area contributed by atoms with E-state index in [0.29, 0.717) is 5.92 Å². The van der Waals surface area contributed by atoms with Crippen molar-refractivity contribution >= 4 is 27.0 Å². The normalized spacial score (nSPS) is 20.2. The van der Waals surface area contributed by atoms with Crippen molar-refractivity contribution in [2.45, 2.75) is 13.0 Å². The fourth-order valence-electron chi connectivity index (χ4n) is 2.39. The lowest BCUT2D eigenvalue weighted by Crippen LogP contribution is -2.14. The summed E-state index contributed by atoms with van der Waals surface area (Å²) < 4.78 is 3.01. The maximum atomic E-state index is 9.44. The monoisotopic (exact) mass is 295 g/mol. The molecule has 3 rings (SSSR count). The van der Waals surface area contributed by atoms with Crippen LogP contribution in [-0.2, 0) is 6.54 Å². The number of nitrogens with one attached hydrogen (secondary N) is 1. The summed E-state index contributed by atoms with van der Waals surface area (Å²) in [6.07, 6.45) is 1.21. The van der Waals surface area contributed by atoms with Crippen LogP contribution in [0.3, 0.4) is 0 Å². The van der Waals surface area contributed by atoms with Gasteiger partial charge in [-0.3, -0.25) is 0 Å². The van der Waals surface area contributed by atoms with Crippen LogP contribution in [-0.4, -0.2) is 27.7 Å². The zero-order valence-electron chi connectivity index (χ0n) is 9.36. The van der Waals surface area contributed by atoms with Gasteiger partial charge in [-0.25, -0.2) is 4.98 Å². The van der Waals surface area contributed by atoms with E-state index in [1.165, 1.54) is 6.42 Å². The van der Waals surface area contributed by atoms with Crippen LogP contribution in [0.2, 0.25) is 0 Å². The smallest absolute Gasteiger partial charge is 0.178 e. The van der Waals surface area contributed by atoms with Crippen molar-refractivity contribution in [2.24, 2.45) is 5.92 Å². The molecule has 1 aliphatic heterocycles. The summed E-state index contributed by atoms with van der Waals surface area (Å²) in [5.74, 6) is 0.926. The number of phenols is 1. The highest BCUT2D eigenvalue weighted by molar-refractivity contribution is 9.10. The number of aromatic hydroxyl groups is 1. The molecule has 1 atom stereocenters. The Hall–Kier alpha value is -1.07. The summed E-state index contributed by atoms with van der Waals surface area (Å²) in [5.41, 5.74) is 1.91. The molecule has 17 heavy (non-hydrogen) atoms. The van der Waals surface area contributed by atoms with Crippen molar-refractivity contribution in [1.82, 2.24) is 14.9 Å². The molecule has 1 aromatic heterocycles. The van der Waals surface area contributed by atoms with E-state index in [1.807, 2.05) is 6.07 Å². The van der Waals surface area contributed by atoms with Gasteiger partial charge in [0.05, 0.1) is 11.0 Å². The molecule has 4 nitrogen and oxygen atoms in total. The minimum absolute atomic E-state index is 0.261. The Balaban J connectivity index is 1.99. The van der Waals surface area contributed by atoms with Gasteiger partial charge in [-0.1, -0.05) is 0 Å². The van der Waals surface area contributed by atoms with Crippen molar-refractivity contribution in [2.75, 3.05) is 13.1 Å². The van der Waals surface area contributed by atoms with Crippen LogP contribution in [0, 0.1) is 5.92 Å². The number of fused-ring (bicyclic) bond motifs is 1. The van der Waals surface area contributed by atoms with E-state index < -0.39 is 0 Å². The van der Waals surface area contributed by atoms with Crippen LogP contribution in [0.4, 0.5) is 0 Å². The van der Waals surface area contributed by atoms with E-state index >= 15 is 0 Å². The molecule has 1 aromatic carbocycles. The Kier molecular flexibility index (Phi) is 2.80. The highest BCUT2D eigenvalue weighted by Crippen LogP contribution is 2.25. The second kappa shape index (κ2) is 4.31. The number of imidazole rings is 1. The molecule has 0 saturated carbocycles.